The minimum atomic E-state index is -0.491. The lowest BCUT2D eigenvalue weighted by atomic mass is 9.85. The molecule has 2 aliphatic rings. The van der Waals surface area contributed by atoms with Gasteiger partial charge in [0.15, 0.2) is 5.56 Å². The minimum absolute atomic E-state index is 0.0887. The van der Waals surface area contributed by atoms with Crippen LogP contribution in [0.2, 0.25) is 0 Å². The van der Waals surface area contributed by atoms with Crippen molar-refractivity contribution in [2.24, 2.45) is 20.0 Å². The number of hydrogen-bond donors (Lipinski definition) is 0. The Labute approximate surface area is 123 Å². The molecule has 2 fully saturated rings. The Balaban J connectivity index is 2.17. The molecule has 21 heavy (non-hydrogen) atoms. The van der Waals surface area contributed by atoms with Crippen molar-refractivity contribution >= 4 is 5.82 Å². The monoisotopic (exact) mass is 288 g/mol. The molecule has 2 heterocycles. The van der Waals surface area contributed by atoms with Crippen molar-refractivity contribution in [1.29, 1.82) is 5.26 Å². The third-order valence-electron chi connectivity index (χ3n) is 5.03. The summed E-state index contributed by atoms with van der Waals surface area (Å²) in [6, 6.07) is 2.37. The molecule has 0 amide bonds. The normalized spacial score (nSPS) is 24.7. The molecule has 1 aromatic heterocycles. The molecule has 6 heteroatoms. The third-order valence-corrected chi connectivity index (χ3v) is 5.03. The van der Waals surface area contributed by atoms with Crippen LogP contribution < -0.4 is 16.1 Å². The smallest absolute Gasteiger partial charge is 0.332 e. The topological polar surface area (TPSA) is 71.0 Å². The zero-order valence-corrected chi connectivity index (χ0v) is 12.5. The number of nitrogens with zero attached hydrogens (tertiary/aromatic N) is 4. The van der Waals surface area contributed by atoms with Gasteiger partial charge in [0.2, 0.25) is 0 Å². The van der Waals surface area contributed by atoms with Crippen LogP contribution in [0.1, 0.15) is 37.7 Å². The Morgan fingerprint density at radius 3 is 2.52 bits per heavy atom. The molecule has 1 aliphatic carbocycles. The molecular weight excluding hydrogens is 268 g/mol. The second kappa shape index (κ2) is 5.06. The van der Waals surface area contributed by atoms with Crippen LogP contribution in [-0.2, 0) is 14.1 Å². The van der Waals surface area contributed by atoms with Gasteiger partial charge in [-0.3, -0.25) is 13.9 Å². The second-order valence-electron chi connectivity index (χ2n) is 6.11. The molecule has 0 spiro atoms. The van der Waals surface area contributed by atoms with Crippen LogP contribution in [0.25, 0.3) is 0 Å². The average molecular weight is 288 g/mol. The van der Waals surface area contributed by atoms with Crippen molar-refractivity contribution in [1.82, 2.24) is 9.13 Å². The summed E-state index contributed by atoms with van der Waals surface area (Å²) in [5.74, 6) is 1.14. The van der Waals surface area contributed by atoms with Crippen LogP contribution in [0.4, 0.5) is 5.82 Å². The molecule has 0 aromatic carbocycles. The van der Waals surface area contributed by atoms with Crippen LogP contribution >= 0.6 is 0 Å². The van der Waals surface area contributed by atoms with E-state index in [9.17, 15) is 14.9 Å². The summed E-state index contributed by atoms with van der Waals surface area (Å²) in [6.07, 6.45) is 5.81. The van der Waals surface area contributed by atoms with E-state index in [1.807, 2.05) is 6.07 Å². The first-order valence-electron chi connectivity index (χ1n) is 7.53. The number of rotatable bonds is 1. The van der Waals surface area contributed by atoms with E-state index in [1.165, 1.54) is 30.9 Å². The van der Waals surface area contributed by atoms with Gasteiger partial charge in [-0.25, -0.2) is 4.79 Å². The highest BCUT2D eigenvalue weighted by Crippen LogP contribution is 2.38. The van der Waals surface area contributed by atoms with E-state index in [-0.39, 0.29) is 11.3 Å². The first-order valence-corrected chi connectivity index (χ1v) is 7.53. The summed E-state index contributed by atoms with van der Waals surface area (Å²) in [4.78, 5) is 26.5. The van der Waals surface area contributed by atoms with Gasteiger partial charge < -0.3 is 4.90 Å². The van der Waals surface area contributed by atoms with Gasteiger partial charge in [0, 0.05) is 26.7 Å². The summed E-state index contributed by atoms with van der Waals surface area (Å²) in [6.45, 7) is 0.824. The Morgan fingerprint density at radius 2 is 1.81 bits per heavy atom. The highest BCUT2D eigenvalue weighted by molar-refractivity contribution is 5.55. The SMILES string of the molecule is Cn1c(N2CC[C@H]3CCCC[C@H]32)c(C#N)c(=O)n(C)c1=O. The summed E-state index contributed by atoms with van der Waals surface area (Å²) in [5.41, 5.74) is -0.769. The predicted molar refractivity (Wildman–Crippen MR) is 79.3 cm³/mol. The molecule has 1 aliphatic heterocycles. The summed E-state index contributed by atoms with van der Waals surface area (Å²) in [5, 5.41) is 9.39. The van der Waals surface area contributed by atoms with E-state index in [4.69, 9.17) is 0 Å². The van der Waals surface area contributed by atoms with Crippen molar-refractivity contribution in [2.75, 3.05) is 11.4 Å². The zero-order chi connectivity index (χ0) is 15.1. The molecule has 2 atom stereocenters. The second-order valence-corrected chi connectivity index (χ2v) is 6.11. The average Bonchev–Trinajstić information content (AvgIpc) is 2.92. The van der Waals surface area contributed by atoms with Crippen molar-refractivity contribution in [2.45, 2.75) is 38.1 Å². The molecule has 6 nitrogen and oxygen atoms in total. The Bertz CT molecular complexity index is 725. The molecule has 112 valence electrons. The summed E-state index contributed by atoms with van der Waals surface area (Å²) in [7, 11) is 3.07. The highest BCUT2D eigenvalue weighted by Gasteiger charge is 2.38. The lowest BCUT2D eigenvalue weighted by Crippen LogP contribution is -2.45. The van der Waals surface area contributed by atoms with Crippen LogP contribution in [0.5, 0.6) is 0 Å². The number of hydrogen-bond acceptors (Lipinski definition) is 4. The quantitative estimate of drug-likeness (QED) is 0.763. The fourth-order valence-electron chi connectivity index (χ4n) is 3.94. The van der Waals surface area contributed by atoms with Crippen molar-refractivity contribution in [3.63, 3.8) is 0 Å². The third kappa shape index (κ3) is 1.99. The van der Waals surface area contributed by atoms with Crippen LogP contribution in [0.15, 0.2) is 9.59 Å². The van der Waals surface area contributed by atoms with Crippen LogP contribution in [0, 0.1) is 17.2 Å². The Hall–Kier alpha value is -2.03. The van der Waals surface area contributed by atoms with Crippen molar-refractivity contribution in [3.8, 4) is 6.07 Å². The number of fused-ring (bicyclic) bond motifs is 1. The number of aromatic nitrogens is 2. The number of anilines is 1. The van der Waals surface area contributed by atoms with E-state index >= 15 is 0 Å². The molecule has 0 bridgehead atoms. The molecule has 1 saturated heterocycles. The predicted octanol–water partition coefficient (Wildman–Crippen LogP) is 0.725. The zero-order valence-electron chi connectivity index (χ0n) is 12.5. The van der Waals surface area contributed by atoms with Gasteiger partial charge in [-0.2, -0.15) is 5.26 Å². The summed E-state index contributed by atoms with van der Waals surface area (Å²) >= 11 is 0. The van der Waals surface area contributed by atoms with Crippen molar-refractivity contribution in [3.05, 3.63) is 26.4 Å². The van der Waals surface area contributed by atoms with Gasteiger partial charge in [0.05, 0.1) is 0 Å². The van der Waals surface area contributed by atoms with Gasteiger partial charge in [-0.1, -0.05) is 12.8 Å². The van der Waals surface area contributed by atoms with Gasteiger partial charge >= 0.3 is 5.69 Å². The maximum absolute atomic E-state index is 12.2. The van der Waals surface area contributed by atoms with E-state index in [0.717, 1.165) is 24.0 Å². The van der Waals surface area contributed by atoms with Crippen LogP contribution in [0.3, 0.4) is 0 Å². The molecule has 0 radical (unpaired) electrons. The van der Waals surface area contributed by atoms with E-state index < -0.39 is 5.56 Å². The van der Waals surface area contributed by atoms with E-state index in [2.05, 4.69) is 4.90 Å². The highest BCUT2D eigenvalue weighted by atomic mass is 16.2. The van der Waals surface area contributed by atoms with E-state index in [0.29, 0.717) is 17.8 Å². The molecule has 0 N–H and O–H groups in total. The molecular formula is C15H20N4O2. The first-order chi connectivity index (χ1) is 10.1. The largest absolute Gasteiger partial charge is 0.353 e. The first kappa shape index (κ1) is 13.9. The number of nitriles is 1. The standard InChI is InChI=1S/C15H20N4O2/c1-17-13(11(9-16)14(20)18(2)15(17)21)19-8-7-10-5-3-4-6-12(10)19/h10,12H,3-8H2,1-2H3/t10-,12-/m1/s1. The van der Waals surface area contributed by atoms with E-state index in [1.54, 1.807) is 7.05 Å². The van der Waals surface area contributed by atoms with Gasteiger partial charge in [-0.15, -0.1) is 0 Å². The van der Waals surface area contributed by atoms with Gasteiger partial charge in [0.25, 0.3) is 5.56 Å². The minimum Gasteiger partial charge on any atom is -0.353 e. The molecule has 1 aromatic rings. The fourth-order valence-corrected chi connectivity index (χ4v) is 3.94. The fraction of sp³-hybridized carbons (Fsp3) is 0.667. The molecule has 0 unspecified atom stereocenters. The van der Waals surface area contributed by atoms with Gasteiger partial charge in [0.1, 0.15) is 11.9 Å². The van der Waals surface area contributed by atoms with Crippen LogP contribution in [-0.4, -0.2) is 21.7 Å². The van der Waals surface area contributed by atoms with Crippen molar-refractivity contribution < 1.29 is 0 Å². The maximum atomic E-state index is 12.2. The summed E-state index contributed by atoms with van der Waals surface area (Å²) < 4.78 is 2.47. The molecule has 3 rings (SSSR count). The lowest BCUT2D eigenvalue weighted by molar-refractivity contribution is 0.340. The van der Waals surface area contributed by atoms with Gasteiger partial charge in [-0.05, 0) is 25.2 Å². The maximum Gasteiger partial charge on any atom is 0.332 e. The molecule has 1 saturated carbocycles. The Kier molecular flexibility index (Phi) is 3.36. The lowest BCUT2D eigenvalue weighted by Gasteiger charge is -2.34. The Morgan fingerprint density at radius 1 is 1.10 bits per heavy atom.